The summed E-state index contributed by atoms with van der Waals surface area (Å²) in [4.78, 5) is 21.1. The van der Waals surface area contributed by atoms with Gasteiger partial charge >= 0.3 is 0 Å². The molecule has 2 heterocycles. The van der Waals surface area contributed by atoms with Crippen LogP contribution in [0, 0.1) is 24.5 Å². The van der Waals surface area contributed by atoms with E-state index in [-0.39, 0.29) is 28.6 Å². The van der Waals surface area contributed by atoms with Gasteiger partial charge in [0.05, 0.1) is 6.20 Å². The van der Waals surface area contributed by atoms with Crippen LogP contribution in [0.1, 0.15) is 30.7 Å². The van der Waals surface area contributed by atoms with Crippen LogP contribution in [0.25, 0.3) is 11.3 Å². The van der Waals surface area contributed by atoms with Gasteiger partial charge in [0.1, 0.15) is 23.1 Å². The molecule has 3 aromatic rings. The minimum Gasteiger partial charge on any atom is -0.450 e. The summed E-state index contributed by atoms with van der Waals surface area (Å²) in [5.74, 6) is -1.79. The molecular weight excluding hydrogens is 452 g/mol. The second-order valence-electron chi connectivity index (χ2n) is 8.41. The van der Waals surface area contributed by atoms with Gasteiger partial charge in [-0.3, -0.25) is 4.79 Å². The average Bonchev–Trinajstić information content (AvgIpc) is 2.69. The Balaban J connectivity index is 1.81. The monoisotopic (exact) mass is 475 g/mol. The van der Waals surface area contributed by atoms with E-state index in [1.807, 2.05) is 0 Å². The van der Waals surface area contributed by atoms with E-state index in [0.29, 0.717) is 29.7 Å². The normalized spacial score (nSPS) is 14.2. The number of rotatable bonds is 7. The van der Waals surface area contributed by atoms with Gasteiger partial charge in [0.15, 0.2) is 27.2 Å². The number of nitrogens with zero attached hydrogens (tertiary/aromatic N) is 3. The van der Waals surface area contributed by atoms with E-state index in [1.165, 1.54) is 6.20 Å². The molecule has 1 aromatic carbocycles. The van der Waals surface area contributed by atoms with Crippen molar-refractivity contribution < 1.29 is 21.9 Å². The molecule has 0 amide bonds. The molecule has 1 fully saturated rings. The molecule has 1 saturated carbocycles. The smallest absolute Gasteiger partial charge is 0.253 e. The van der Waals surface area contributed by atoms with Gasteiger partial charge in [0.2, 0.25) is 0 Å². The summed E-state index contributed by atoms with van der Waals surface area (Å²) in [5.41, 5.74) is 1.07. The standard InChI is InChI=1S/C23H23F2N3O4S/c1-14-8-16(12-28(23(14)29)11-15-4-3-5-15)22-20(10-26-21(27-22)13-33(2,30)31)32-19-7-6-17(24)9-18(19)25/h6-10,12,15H,3-5,11,13H2,1-2H3. The van der Waals surface area contributed by atoms with Crippen LogP contribution >= 0.6 is 0 Å². The van der Waals surface area contributed by atoms with Gasteiger partial charge < -0.3 is 9.30 Å². The zero-order valence-corrected chi connectivity index (χ0v) is 19.0. The first kappa shape index (κ1) is 23.0. The highest BCUT2D eigenvalue weighted by Gasteiger charge is 2.21. The SMILES string of the molecule is Cc1cc(-c2nc(CS(C)(=O)=O)ncc2Oc2ccc(F)cc2F)cn(CC2CCC2)c1=O. The number of ether oxygens (including phenoxy) is 1. The van der Waals surface area contributed by atoms with E-state index in [1.54, 1.807) is 23.8 Å². The summed E-state index contributed by atoms with van der Waals surface area (Å²) >= 11 is 0. The van der Waals surface area contributed by atoms with Crippen LogP contribution in [0.2, 0.25) is 0 Å². The van der Waals surface area contributed by atoms with Gasteiger partial charge in [-0.25, -0.2) is 27.2 Å². The predicted molar refractivity (Wildman–Crippen MR) is 119 cm³/mol. The van der Waals surface area contributed by atoms with Crippen molar-refractivity contribution >= 4 is 9.84 Å². The summed E-state index contributed by atoms with van der Waals surface area (Å²) < 4.78 is 58.3. The fourth-order valence-electron chi connectivity index (χ4n) is 3.67. The van der Waals surface area contributed by atoms with E-state index < -0.39 is 27.2 Å². The van der Waals surface area contributed by atoms with Crippen LogP contribution in [0.15, 0.2) is 41.5 Å². The molecule has 0 aliphatic heterocycles. The van der Waals surface area contributed by atoms with Gasteiger partial charge in [-0.1, -0.05) is 6.42 Å². The zero-order chi connectivity index (χ0) is 23.8. The molecule has 0 saturated heterocycles. The van der Waals surface area contributed by atoms with E-state index in [0.717, 1.165) is 37.7 Å². The van der Waals surface area contributed by atoms with Crippen molar-refractivity contribution in [1.29, 1.82) is 0 Å². The number of hydrogen-bond acceptors (Lipinski definition) is 6. The number of aryl methyl sites for hydroxylation is 1. The number of hydrogen-bond donors (Lipinski definition) is 0. The molecule has 0 spiro atoms. The fourth-order valence-corrected chi connectivity index (χ4v) is 4.28. The van der Waals surface area contributed by atoms with Crippen LogP contribution in [-0.4, -0.2) is 29.2 Å². The first-order chi connectivity index (χ1) is 15.6. The Labute approximate surface area is 190 Å². The van der Waals surface area contributed by atoms with E-state index in [9.17, 15) is 22.0 Å². The highest BCUT2D eigenvalue weighted by molar-refractivity contribution is 7.89. The Morgan fingerprint density at radius 3 is 2.58 bits per heavy atom. The van der Waals surface area contributed by atoms with Crippen molar-refractivity contribution in [3.63, 3.8) is 0 Å². The second kappa shape index (κ2) is 9.01. The van der Waals surface area contributed by atoms with Gasteiger partial charge in [-0.15, -0.1) is 0 Å². The maximum Gasteiger partial charge on any atom is 0.253 e. The molecule has 4 rings (SSSR count). The zero-order valence-electron chi connectivity index (χ0n) is 18.2. The molecule has 174 valence electrons. The van der Waals surface area contributed by atoms with Crippen molar-refractivity contribution in [1.82, 2.24) is 14.5 Å². The first-order valence-electron chi connectivity index (χ1n) is 10.5. The predicted octanol–water partition coefficient (Wildman–Crippen LogP) is 4.03. The molecule has 0 atom stereocenters. The van der Waals surface area contributed by atoms with Crippen molar-refractivity contribution in [2.45, 2.75) is 38.5 Å². The maximum absolute atomic E-state index is 14.2. The van der Waals surface area contributed by atoms with Crippen LogP contribution in [0.4, 0.5) is 8.78 Å². The van der Waals surface area contributed by atoms with Gasteiger partial charge in [0.25, 0.3) is 5.56 Å². The number of halogens is 2. The molecule has 0 N–H and O–H groups in total. The molecule has 10 heteroatoms. The molecule has 1 aliphatic rings. The third-order valence-corrected chi connectivity index (χ3v) is 6.31. The van der Waals surface area contributed by atoms with E-state index in [2.05, 4.69) is 9.97 Å². The van der Waals surface area contributed by atoms with Crippen LogP contribution in [0.5, 0.6) is 11.5 Å². The first-order valence-corrected chi connectivity index (χ1v) is 12.5. The lowest BCUT2D eigenvalue weighted by molar-refractivity contribution is 0.273. The summed E-state index contributed by atoms with van der Waals surface area (Å²) in [7, 11) is -3.42. The second-order valence-corrected chi connectivity index (χ2v) is 10.6. The van der Waals surface area contributed by atoms with Gasteiger partial charge in [-0.2, -0.15) is 0 Å². The van der Waals surface area contributed by atoms with Crippen LogP contribution in [-0.2, 0) is 22.1 Å². The van der Waals surface area contributed by atoms with Crippen LogP contribution in [0.3, 0.4) is 0 Å². The Kier molecular flexibility index (Phi) is 6.29. The van der Waals surface area contributed by atoms with Crippen molar-refractivity contribution in [2.75, 3.05) is 6.26 Å². The minimum atomic E-state index is -3.42. The molecule has 7 nitrogen and oxygen atoms in total. The Morgan fingerprint density at radius 1 is 1.18 bits per heavy atom. The topological polar surface area (TPSA) is 91.2 Å². The summed E-state index contributed by atoms with van der Waals surface area (Å²) in [6, 6.07) is 4.51. The summed E-state index contributed by atoms with van der Waals surface area (Å²) in [5, 5.41) is 0. The third kappa shape index (κ3) is 5.44. The van der Waals surface area contributed by atoms with Crippen LogP contribution < -0.4 is 10.3 Å². The quantitative estimate of drug-likeness (QED) is 0.513. The number of benzene rings is 1. The lowest BCUT2D eigenvalue weighted by Gasteiger charge is -2.26. The molecule has 0 bridgehead atoms. The van der Waals surface area contributed by atoms with Crippen molar-refractivity contribution in [3.05, 3.63) is 70.0 Å². The largest absolute Gasteiger partial charge is 0.450 e. The third-order valence-electron chi connectivity index (χ3n) is 5.53. The fraction of sp³-hybridized carbons (Fsp3) is 0.348. The average molecular weight is 476 g/mol. The summed E-state index contributed by atoms with van der Waals surface area (Å²) in [6.45, 7) is 2.25. The van der Waals surface area contributed by atoms with E-state index >= 15 is 0 Å². The van der Waals surface area contributed by atoms with Crippen molar-refractivity contribution in [3.8, 4) is 22.8 Å². The maximum atomic E-state index is 14.2. The molecule has 33 heavy (non-hydrogen) atoms. The van der Waals surface area contributed by atoms with Gasteiger partial charge in [0, 0.05) is 36.2 Å². The molecule has 1 aliphatic carbocycles. The number of pyridine rings is 1. The number of sulfone groups is 1. The molecular formula is C23H23F2N3O4S. The lowest BCUT2D eigenvalue weighted by atomic mass is 9.85. The van der Waals surface area contributed by atoms with E-state index in [4.69, 9.17) is 4.74 Å². The Hall–Kier alpha value is -3.14. The highest BCUT2D eigenvalue weighted by Crippen LogP contribution is 2.33. The Morgan fingerprint density at radius 2 is 1.94 bits per heavy atom. The summed E-state index contributed by atoms with van der Waals surface area (Å²) in [6.07, 6.45) is 7.22. The lowest BCUT2D eigenvalue weighted by Crippen LogP contribution is -2.28. The molecule has 2 aromatic heterocycles. The molecule has 0 radical (unpaired) electrons. The Bertz CT molecular complexity index is 1370. The minimum absolute atomic E-state index is 0.0359. The van der Waals surface area contributed by atoms with Gasteiger partial charge in [-0.05, 0) is 43.9 Å². The van der Waals surface area contributed by atoms with Crippen molar-refractivity contribution in [2.24, 2.45) is 5.92 Å². The number of aromatic nitrogens is 3. The highest BCUT2D eigenvalue weighted by atomic mass is 32.2. The molecule has 0 unspecified atom stereocenters.